The Hall–Kier alpha value is -4.53. The summed E-state index contributed by atoms with van der Waals surface area (Å²) >= 11 is 13.3. The van der Waals surface area contributed by atoms with E-state index in [1.165, 1.54) is 36.4 Å². The second-order valence-corrected chi connectivity index (χ2v) is 12.8. The molecule has 4 aromatic rings. The first-order chi connectivity index (χ1) is 22.5. The number of rotatable bonds is 8. The number of thioether (sulfide) groups is 1. The van der Waals surface area contributed by atoms with Crippen LogP contribution in [0.2, 0.25) is 10.0 Å². The molecule has 2 aromatic carbocycles. The van der Waals surface area contributed by atoms with Crippen LogP contribution in [0, 0.1) is 0 Å². The fourth-order valence-electron chi connectivity index (χ4n) is 5.42. The molecule has 0 bridgehead atoms. The second-order valence-electron chi connectivity index (χ2n) is 11.0. The number of fused-ring (bicyclic) bond motifs is 1. The zero-order valence-corrected chi connectivity index (χ0v) is 27.8. The van der Waals surface area contributed by atoms with E-state index in [9.17, 15) is 24.0 Å². The van der Waals surface area contributed by atoms with Crippen molar-refractivity contribution in [2.24, 2.45) is 14.1 Å². The monoisotopic (exact) mass is 698 g/mol. The third kappa shape index (κ3) is 6.15. The van der Waals surface area contributed by atoms with Gasteiger partial charge in [0.05, 0.1) is 18.6 Å². The summed E-state index contributed by atoms with van der Waals surface area (Å²) in [6.07, 6.45) is 3.35. The lowest BCUT2D eigenvalue weighted by Crippen LogP contribution is -2.40. The molecule has 0 unspecified atom stereocenters. The van der Waals surface area contributed by atoms with Crippen molar-refractivity contribution in [2.75, 3.05) is 26.7 Å². The normalized spacial score (nSPS) is 15.8. The average molecular weight is 700 g/mol. The van der Waals surface area contributed by atoms with E-state index in [4.69, 9.17) is 32.7 Å². The molecule has 0 radical (unpaired) electrons. The lowest BCUT2D eigenvalue weighted by molar-refractivity contribution is -0.135. The maximum absolute atomic E-state index is 13.3. The van der Waals surface area contributed by atoms with Gasteiger partial charge in [-0.15, -0.1) is 0 Å². The minimum absolute atomic E-state index is 0.0147. The zero-order chi connectivity index (χ0) is 33.6. The summed E-state index contributed by atoms with van der Waals surface area (Å²) in [5.41, 5.74) is 0.236. The van der Waals surface area contributed by atoms with Gasteiger partial charge in [-0.1, -0.05) is 35.3 Å². The number of halogens is 2. The third-order valence-corrected chi connectivity index (χ3v) is 9.46. The van der Waals surface area contributed by atoms with Crippen molar-refractivity contribution >= 4 is 69.3 Å². The van der Waals surface area contributed by atoms with Gasteiger partial charge in [0.25, 0.3) is 16.7 Å². The number of nitrogens with zero attached hydrogens (tertiary/aromatic N) is 6. The molecule has 2 saturated heterocycles. The summed E-state index contributed by atoms with van der Waals surface area (Å²) in [7, 11) is 4.30. The predicted molar refractivity (Wildman–Crippen MR) is 177 cm³/mol. The Kier molecular flexibility index (Phi) is 8.92. The van der Waals surface area contributed by atoms with Gasteiger partial charge in [0.15, 0.2) is 22.7 Å². The molecule has 0 N–H and O–H groups in total. The summed E-state index contributed by atoms with van der Waals surface area (Å²) in [6, 6.07) is 9.79. The summed E-state index contributed by atoms with van der Waals surface area (Å²) in [6.45, 7) is 1.01. The third-order valence-electron chi connectivity index (χ3n) is 7.97. The number of ether oxygens (including phenoxy) is 2. The molecular formula is C31H28Cl2N6O7S. The highest BCUT2D eigenvalue weighted by molar-refractivity contribution is 8.18. The van der Waals surface area contributed by atoms with Crippen LogP contribution in [0.3, 0.4) is 0 Å². The number of likely N-dealkylation sites (tertiary alicyclic amines) is 1. The first-order valence-electron chi connectivity index (χ1n) is 14.5. The molecule has 4 heterocycles. The van der Waals surface area contributed by atoms with Crippen LogP contribution in [0.4, 0.5) is 4.79 Å². The van der Waals surface area contributed by atoms with Gasteiger partial charge in [-0.2, -0.15) is 4.98 Å². The number of benzene rings is 2. The van der Waals surface area contributed by atoms with Crippen LogP contribution in [0.15, 0.2) is 50.9 Å². The standard InChI is InChI=1S/C31H28Cl2N6O7S/c1-35-26-25(28(42)36(2)30(35)43)38(15-18-7-8-19(32)14-20(18)33)29(34-26)46-21-9-6-17(12-22(21)45-3)13-23-27(41)39(31(44)47-23)16-24(40)37-10-4-5-11-37/h6-9,12-14H,4-5,10-11,15-16H2,1-3H3. The van der Waals surface area contributed by atoms with Gasteiger partial charge in [0.2, 0.25) is 5.91 Å². The number of imidazole rings is 1. The largest absolute Gasteiger partial charge is 0.493 e. The van der Waals surface area contributed by atoms with Crippen LogP contribution in [0.25, 0.3) is 17.2 Å². The van der Waals surface area contributed by atoms with Crippen LogP contribution in [-0.4, -0.2) is 72.3 Å². The molecule has 16 heteroatoms. The highest BCUT2D eigenvalue weighted by Gasteiger charge is 2.37. The van der Waals surface area contributed by atoms with Crippen molar-refractivity contribution in [3.63, 3.8) is 0 Å². The van der Waals surface area contributed by atoms with Gasteiger partial charge in [-0.25, -0.2) is 4.79 Å². The van der Waals surface area contributed by atoms with Gasteiger partial charge < -0.3 is 14.4 Å². The molecule has 0 atom stereocenters. The number of imide groups is 1. The highest BCUT2D eigenvalue weighted by Crippen LogP contribution is 2.37. The number of hydrogen-bond donors (Lipinski definition) is 0. The number of amides is 3. The maximum atomic E-state index is 13.3. The van der Waals surface area contributed by atoms with E-state index in [1.54, 1.807) is 41.3 Å². The van der Waals surface area contributed by atoms with Crippen molar-refractivity contribution in [3.05, 3.63) is 83.3 Å². The molecule has 0 aliphatic carbocycles. The molecule has 3 amide bonds. The first-order valence-corrected chi connectivity index (χ1v) is 16.0. The van der Waals surface area contributed by atoms with Crippen molar-refractivity contribution in [2.45, 2.75) is 19.4 Å². The fourth-order valence-corrected chi connectivity index (χ4v) is 6.72. The number of aromatic nitrogens is 4. The van der Waals surface area contributed by atoms with Crippen LogP contribution < -0.4 is 20.7 Å². The Bertz CT molecular complexity index is 2120. The van der Waals surface area contributed by atoms with Gasteiger partial charge >= 0.3 is 11.7 Å². The number of methoxy groups -OCH3 is 1. The minimum atomic E-state index is -0.575. The smallest absolute Gasteiger partial charge is 0.332 e. The fraction of sp³-hybridized carbons (Fsp3) is 0.290. The lowest BCUT2D eigenvalue weighted by Gasteiger charge is -2.18. The van der Waals surface area contributed by atoms with E-state index < -0.39 is 22.4 Å². The lowest BCUT2D eigenvalue weighted by atomic mass is 10.2. The Labute approximate surface area is 281 Å². The van der Waals surface area contributed by atoms with Gasteiger partial charge in [-0.3, -0.25) is 37.8 Å². The number of carbonyl (C=O) groups is 3. The van der Waals surface area contributed by atoms with Gasteiger partial charge in [0.1, 0.15) is 6.54 Å². The molecule has 13 nitrogen and oxygen atoms in total. The van der Waals surface area contributed by atoms with Gasteiger partial charge in [0, 0.05) is 37.2 Å². The number of aryl methyl sites for hydroxylation is 1. The predicted octanol–water partition coefficient (Wildman–Crippen LogP) is 4.25. The Morgan fingerprint density at radius 2 is 1.74 bits per heavy atom. The SMILES string of the molecule is COc1cc(C=C2SC(=O)N(CC(=O)N3CCCC3)C2=O)ccc1Oc1nc2c(c(=O)n(C)c(=O)n2C)n1Cc1ccc(Cl)cc1Cl. The molecule has 47 heavy (non-hydrogen) atoms. The van der Waals surface area contributed by atoms with Crippen molar-refractivity contribution in [1.82, 2.24) is 28.5 Å². The maximum Gasteiger partial charge on any atom is 0.332 e. The van der Waals surface area contributed by atoms with Gasteiger partial charge in [-0.05, 0) is 66.1 Å². The molecule has 0 spiro atoms. The van der Waals surface area contributed by atoms with E-state index in [0.29, 0.717) is 34.3 Å². The molecule has 244 valence electrons. The molecular weight excluding hydrogens is 671 g/mol. The molecule has 6 rings (SSSR count). The van der Waals surface area contributed by atoms with Crippen LogP contribution in [0.5, 0.6) is 17.5 Å². The topological polar surface area (TPSA) is 138 Å². The second kappa shape index (κ2) is 12.9. The van der Waals surface area contributed by atoms with Crippen molar-refractivity contribution in [1.29, 1.82) is 0 Å². The van der Waals surface area contributed by atoms with Crippen LogP contribution >= 0.6 is 35.0 Å². The van der Waals surface area contributed by atoms with E-state index in [-0.39, 0.29) is 52.6 Å². The van der Waals surface area contributed by atoms with Crippen molar-refractivity contribution < 1.29 is 23.9 Å². The molecule has 2 aromatic heterocycles. The van der Waals surface area contributed by atoms with E-state index in [2.05, 4.69) is 4.98 Å². The average Bonchev–Trinajstić information content (AvgIpc) is 3.77. The Balaban J connectivity index is 1.33. The summed E-state index contributed by atoms with van der Waals surface area (Å²) < 4.78 is 15.5. The van der Waals surface area contributed by atoms with E-state index in [1.807, 2.05) is 0 Å². The summed E-state index contributed by atoms with van der Waals surface area (Å²) in [5.74, 6) is -0.327. The Morgan fingerprint density at radius 3 is 2.45 bits per heavy atom. The van der Waals surface area contributed by atoms with E-state index in [0.717, 1.165) is 34.1 Å². The number of carbonyl (C=O) groups excluding carboxylic acids is 3. The molecule has 2 aliphatic rings. The number of hydrogen-bond acceptors (Lipinski definition) is 9. The van der Waals surface area contributed by atoms with Crippen LogP contribution in [-0.2, 0) is 30.2 Å². The highest BCUT2D eigenvalue weighted by atomic mass is 35.5. The molecule has 0 saturated carbocycles. The minimum Gasteiger partial charge on any atom is -0.493 e. The van der Waals surface area contributed by atoms with Crippen LogP contribution in [0.1, 0.15) is 24.0 Å². The first kappa shape index (κ1) is 32.4. The Morgan fingerprint density at radius 1 is 1.00 bits per heavy atom. The molecule has 2 fully saturated rings. The summed E-state index contributed by atoms with van der Waals surface area (Å²) in [5, 5.41) is 0.286. The quantitative estimate of drug-likeness (QED) is 0.247. The van der Waals surface area contributed by atoms with Crippen molar-refractivity contribution in [3.8, 4) is 17.5 Å². The molecule has 2 aliphatic heterocycles. The summed E-state index contributed by atoms with van der Waals surface area (Å²) in [4.78, 5) is 71.6. The zero-order valence-electron chi connectivity index (χ0n) is 25.5. The van der Waals surface area contributed by atoms with E-state index >= 15 is 0 Å².